The zero-order chi connectivity index (χ0) is 43.0. The third-order valence-corrected chi connectivity index (χ3v) is 13.0. The SMILES string of the molecule is COC(=O)N[C@H](C(=O)N1CC2(CC2)C[C@H]1c1ncc(-c2ccc3c(c2)C(F)(F)c2cc(-c4ccc(C5CN=C([C@@H]6CCCN6C(=O)OC(C)(C)C)N5)cc4)ccc2-3)[nH]1)C(C)C. The van der Waals surface area contributed by atoms with E-state index < -0.39 is 23.7 Å². The fraction of sp³-hybridized carbons (Fsp3) is 0.468. The molecule has 3 amide bonds. The summed E-state index contributed by atoms with van der Waals surface area (Å²) in [5.74, 6) is -2.22. The first-order chi connectivity index (χ1) is 29.0. The van der Waals surface area contributed by atoms with Gasteiger partial charge in [0.05, 0.1) is 43.7 Å². The molecule has 3 aromatic carbocycles. The number of nitrogens with one attached hydrogen (secondary N) is 3. The monoisotopic (exact) mass is 833 g/mol. The summed E-state index contributed by atoms with van der Waals surface area (Å²) in [4.78, 5) is 55.4. The molecule has 1 saturated carbocycles. The van der Waals surface area contributed by atoms with Crippen LogP contribution in [0.2, 0.25) is 0 Å². The molecule has 2 aliphatic carbocycles. The number of carbonyl (C=O) groups excluding carboxylic acids is 3. The zero-order valence-corrected chi connectivity index (χ0v) is 35.5. The van der Waals surface area contributed by atoms with Gasteiger partial charge < -0.3 is 30.0 Å². The Morgan fingerprint density at radius 2 is 1.59 bits per heavy atom. The van der Waals surface area contributed by atoms with Crippen molar-refractivity contribution in [3.8, 4) is 33.5 Å². The van der Waals surface area contributed by atoms with Crippen LogP contribution in [0, 0.1) is 11.3 Å². The summed E-state index contributed by atoms with van der Waals surface area (Å²) < 4.78 is 43.4. The standard InChI is InChI=1S/C47H53F2N7O5/c1-26(2)39(54-43(58)60-6)42(57)56-25-46(17-18-46)22-38(56)41-51-24-36(53-41)30-14-16-32-31-15-13-29(20-33(31)47(48,49)34(32)21-30)27-9-11-28(12-10-27)35-23-50-40(52-35)37-8-7-19-55(37)44(59)61-45(3,4)5/h9-16,20-21,24,26,35,37-39H,7-8,17-19,22-23,25H2,1-6H3,(H,50,52)(H,51,53)(H,54,58)/t35?,37-,38-,39-/m0/s1. The number of ether oxygens (including phenoxy) is 2. The van der Waals surface area contributed by atoms with Gasteiger partial charge in [0.1, 0.15) is 23.3 Å². The number of imidazole rings is 1. The maximum atomic E-state index is 16.5. The number of likely N-dealkylation sites (tertiary alicyclic amines) is 2. The number of fused-ring (bicyclic) bond motifs is 3. The smallest absolute Gasteiger partial charge is 0.410 e. The van der Waals surface area contributed by atoms with Gasteiger partial charge >= 0.3 is 12.2 Å². The van der Waals surface area contributed by atoms with Crippen LogP contribution in [-0.2, 0) is 20.2 Å². The van der Waals surface area contributed by atoms with Crippen LogP contribution in [0.25, 0.3) is 33.5 Å². The van der Waals surface area contributed by atoms with E-state index in [9.17, 15) is 14.4 Å². The summed E-state index contributed by atoms with van der Waals surface area (Å²) in [5, 5.41) is 6.24. The number of benzene rings is 3. The first-order valence-electron chi connectivity index (χ1n) is 21.3. The summed E-state index contributed by atoms with van der Waals surface area (Å²) in [7, 11) is 1.27. The van der Waals surface area contributed by atoms with Gasteiger partial charge in [-0.05, 0) is 104 Å². The van der Waals surface area contributed by atoms with Gasteiger partial charge in [-0.25, -0.2) is 14.6 Å². The number of alkyl carbamates (subject to hydrolysis) is 1. The second kappa shape index (κ2) is 15.0. The number of aromatic amines is 1. The van der Waals surface area contributed by atoms with Crippen LogP contribution < -0.4 is 10.6 Å². The van der Waals surface area contributed by atoms with Crippen molar-refractivity contribution in [2.24, 2.45) is 16.3 Å². The fourth-order valence-corrected chi connectivity index (χ4v) is 9.52. The number of rotatable bonds is 8. The van der Waals surface area contributed by atoms with E-state index in [4.69, 9.17) is 19.5 Å². The average Bonchev–Trinajstić information content (AvgIpc) is 3.82. The predicted molar refractivity (Wildman–Crippen MR) is 227 cm³/mol. The van der Waals surface area contributed by atoms with Crippen molar-refractivity contribution in [1.29, 1.82) is 0 Å². The minimum atomic E-state index is -3.24. The lowest BCUT2D eigenvalue weighted by Gasteiger charge is -2.30. The first kappa shape index (κ1) is 40.6. The van der Waals surface area contributed by atoms with Crippen molar-refractivity contribution in [3.05, 3.63) is 89.4 Å². The largest absolute Gasteiger partial charge is 0.453 e. The minimum absolute atomic E-state index is 0.0258. The molecule has 320 valence electrons. The molecular formula is C47H53F2N7O5. The van der Waals surface area contributed by atoms with Gasteiger partial charge in [-0.1, -0.05) is 62.4 Å². The number of hydrogen-bond acceptors (Lipinski definition) is 8. The Morgan fingerprint density at radius 1 is 0.918 bits per heavy atom. The molecule has 4 heterocycles. The summed E-state index contributed by atoms with van der Waals surface area (Å²) in [6.45, 7) is 11.1. The van der Waals surface area contributed by atoms with E-state index in [1.807, 2.05) is 75.9 Å². The lowest BCUT2D eigenvalue weighted by Crippen LogP contribution is -2.51. The minimum Gasteiger partial charge on any atom is -0.453 e. The molecule has 3 aliphatic heterocycles. The molecule has 1 spiro atoms. The van der Waals surface area contributed by atoms with Crippen molar-refractivity contribution in [3.63, 3.8) is 0 Å². The van der Waals surface area contributed by atoms with Crippen LogP contribution >= 0.6 is 0 Å². The zero-order valence-electron chi connectivity index (χ0n) is 35.5. The van der Waals surface area contributed by atoms with Gasteiger partial charge in [0, 0.05) is 29.8 Å². The van der Waals surface area contributed by atoms with E-state index in [1.54, 1.807) is 35.4 Å². The third kappa shape index (κ3) is 7.52. The molecule has 61 heavy (non-hydrogen) atoms. The van der Waals surface area contributed by atoms with Gasteiger partial charge in [-0.15, -0.1) is 0 Å². The van der Waals surface area contributed by atoms with Gasteiger partial charge in [0.25, 0.3) is 5.92 Å². The average molecular weight is 834 g/mol. The van der Waals surface area contributed by atoms with Crippen molar-refractivity contribution in [2.75, 3.05) is 26.7 Å². The maximum absolute atomic E-state index is 16.5. The van der Waals surface area contributed by atoms with Crippen molar-refractivity contribution in [2.45, 2.75) is 102 Å². The molecule has 1 aromatic heterocycles. The number of halogens is 2. The van der Waals surface area contributed by atoms with Crippen molar-refractivity contribution < 1.29 is 32.6 Å². The lowest BCUT2D eigenvalue weighted by atomic mass is 9.96. The molecule has 1 unspecified atom stereocenters. The number of methoxy groups -OCH3 is 1. The molecule has 9 rings (SSSR count). The van der Waals surface area contributed by atoms with Gasteiger partial charge in [-0.2, -0.15) is 8.78 Å². The van der Waals surface area contributed by atoms with Crippen molar-refractivity contribution >= 4 is 23.9 Å². The van der Waals surface area contributed by atoms with E-state index in [0.29, 0.717) is 53.4 Å². The molecule has 0 radical (unpaired) electrons. The molecule has 3 N–H and O–H groups in total. The number of nitrogens with zero attached hydrogens (tertiary/aromatic N) is 4. The highest BCUT2D eigenvalue weighted by atomic mass is 19.3. The van der Waals surface area contributed by atoms with Gasteiger partial charge in [-0.3, -0.25) is 14.7 Å². The van der Waals surface area contributed by atoms with E-state index in [1.165, 1.54) is 7.11 Å². The first-order valence-corrected chi connectivity index (χ1v) is 21.3. The maximum Gasteiger partial charge on any atom is 0.410 e. The number of carbonyl (C=O) groups is 3. The van der Waals surface area contributed by atoms with E-state index >= 15 is 8.78 Å². The highest BCUT2D eigenvalue weighted by Gasteiger charge is 2.55. The molecule has 5 aliphatic rings. The Morgan fingerprint density at radius 3 is 2.25 bits per heavy atom. The van der Waals surface area contributed by atoms with Crippen LogP contribution in [0.4, 0.5) is 18.4 Å². The van der Waals surface area contributed by atoms with Gasteiger partial charge in [0.2, 0.25) is 5.91 Å². The van der Waals surface area contributed by atoms with Crippen LogP contribution in [-0.4, -0.2) is 88.1 Å². The Hall–Kier alpha value is -5.79. The highest BCUT2D eigenvalue weighted by molar-refractivity contribution is 5.92. The van der Waals surface area contributed by atoms with Gasteiger partial charge in [0.15, 0.2) is 0 Å². The third-order valence-electron chi connectivity index (χ3n) is 13.0. The van der Waals surface area contributed by atoms with E-state index in [-0.39, 0.29) is 52.6 Å². The molecule has 4 aromatic rings. The lowest BCUT2D eigenvalue weighted by molar-refractivity contribution is -0.135. The highest BCUT2D eigenvalue weighted by Crippen LogP contribution is 2.58. The summed E-state index contributed by atoms with van der Waals surface area (Å²) in [6, 6.07) is 17.0. The molecule has 4 atom stereocenters. The number of aliphatic imine (C=N–C) groups is 1. The number of alkyl halides is 2. The summed E-state index contributed by atoms with van der Waals surface area (Å²) >= 11 is 0. The Kier molecular flexibility index (Phi) is 9.97. The molecule has 0 bridgehead atoms. The quantitative estimate of drug-likeness (QED) is 0.161. The fourth-order valence-electron chi connectivity index (χ4n) is 9.52. The van der Waals surface area contributed by atoms with Crippen LogP contribution in [0.1, 0.15) is 101 Å². The number of H-pyrrole nitrogens is 1. The molecule has 12 nitrogen and oxygen atoms in total. The second-order valence-electron chi connectivity index (χ2n) is 18.7. The molecule has 14 heteroatoms. The predicted octanol–water partition coefficient (Wildman–Crippen LogP) is 8.74. The van der Waals surface area contributed by atoms with Crippen LogP contribution in [0.15, 0.2) is 71.9 Å². The molecule has 3 fully saturated rings. The Labute approximate surface area is 354 Å². The van der Waals surface area contributed by atoms with Crippen LogP contribution in [0.3, 0.4) is 0 Å². The number of amidine groups is 1. The number of amides is 3. The van der Waals surface area contributed by atoms with E-state index in [0.717, 1.165) is 49.1 Å². The number of aromatic nitrogens is 2. The number of hydrogen-bond donors (Lipinski definition) is 3. The summed E-state index contributed by atoms with van der Waals surface area (Å²) in [5.41, 5.74) is 4.02. The van der Waals surface area contributed by atoms with Crippen LogP contribution in [0.5, 0.6) is 0 Å². The van der Waals surface area contributed by atoms with Crippen molar-refractivity contribution in [1.82, 2.24) is 30.4 Å². The summed E-state index contributed by atoms with van der Waals surface area (Å²) in [6.07, 6.45) is 5.11. The Bertz CT molecular complexity index is 2420. The molecular weight excluding hydrogens is 781 g/mol. The normalized spacial score (nSPS) is 22.4. The van der Waals surface area contributed by atoms with E-state index in [2.05, 4.69) is 15.6 Å². The topological polar surface area (TPSA) is 141 Å². The molecule has 2 saturated heterocycles. The second-order valence-corrected chi connectivity index (χ2v) is 18.7. The Balaban J connectivity index is 0.896.